The standard InChI is InChI=1S/C20H20N4O2/c25-19-16(8-9-17(23-19)14-5-2-1-3-6-14)20(26)24-12-4-7-15(13-24)18-21-10-11-22-18/h1-3,5-6,8-11,15H,4,7,12-13H2,(H,21,22)(H,23,25)/t15-/m0/s1. The Morgan fingerprint density at radius 2 is 2.00 bits per heavy atom. The third-order valence-electron chi connectivity index (χ3n) is 4.84. The predicted molar refractivity (Wildman–Crippen MR) is 99.0 cm³/mol. The number of carbonyl (C=O) groups excluding carboxylic acids is 1. The van der Waals surface area contributed by atoms with Crippen LogP contribution in [0.5, 0.6) is 0 Å². The number of amides is 1. The molecule has 0 saturated carbocycles. The van der Waals surface area contributed by atoms with Crippen LogP contribution < -0.4 is 5.56 Å². The molecule has 0 bridgehead atoms. The number of aromatic amines is 2. The minimum Gasteiger partial charge on any atom is -0.348 e. The number of imidazole rings is 1. The van der Waals surface area contributed by atoms with E-state index in [1.807, 2.05) is 30.3 Å². The summed E-state index contributed by atoms with van der Waals surface area (Å²) >= 11 is 0. The Bertz CT molecular complexity index is 947. The van der Waals surface area contributed by atoms with Crippen molar-refractivity contribution in [2.24, 2.45) is 0 Å². The average molecular weight is 348 g/mol. The largest absolute Gasteiger partial charge is 0.348 e. The lowest BCUT2D eigenvalue weighted by atomic mass is 9.97. The highest BCUT2D eigenvalue weighted by atomic mass is 16.2. The Morgan fingerprint density at radius 1 is 1.15 bits per heavy atom. The fourth-order valence-electron chi connectivity index (χ4n) is 3.48. The predicted octanol–water partition coefficient (Wildman–Crippen LogP) is 2.78. The van der Waals surface area contributed by atoms with E-state index in [0.29, 0.717) is 18.8 Å². The Labute approximate surface area is 150 Å². The molecule has 26 heavy (non-hydrogen) atoms. The van der Waals surface area contributed by atoms with Gasteiger partial charge in [0.25, 0.3) is 11.5 Å². The zero-order valence-electron chi connectivity index (χ0n) is 14.3. The Balaban J connectivity index is 1.55. The molecule has 2 aromatic heterocycles. The molecule has 1 aliphatic rings. The summed E-state index contributed by atoms with van der Waals surface area (Å²) in [5.41, 5.74) is 1.46. The number of piperidine rings is 1. The minimum absolute atomic E-state index is 0.185. The normalized spacial score (nSPS) is 17.2. The molecule has 0 aliphatic carbocycles. The average Bonchev–Trinajstić information content (AvgIpc) is 3.23. The van der Waals surface area contributed by atoms with Crippen LogP contribution in [0.25, 0.3) is 11.3 Å². The van der Waals surface area contributed by atoms with Crippen molar-refractivity contribution in [1.82, 2.24) is 19.9 Å². The van der Waals surface area contributed by atoms with Crippen LogP contribution in [-0.4, -0.2) is 38.8 Å². The quantitative estimate of drug-likeness (QED) is 0.763. The number of rotatable bonds is 3. The fraction of sp³-hybridized carbons (Fsp3) is 0.250. The summed E-state index contributed by atoms with van der Waals surface area (Å²) in [6, 6.07) is 13.0. The van der Waals surface area contributed by atoms with Crippen molar-refractivity contribution < 1.29 is 4.79 Å². The molecule has 3 heterocycles. The molecule has 2 N–H and O–H groups in total. The molecule has 1 aliphatic heterocycles. The van der Waals surface area contributed by atoms with Crippen LogP contribution in [-0.2, 0) is 0 Å². The molecule has 132 valence electrons. The van der Waals surface area contributed by atoms with E-state index in [4.69, 9.17) is 0 Å². The van der Waals surface area contributed by atoms with Crippen molar-refractivity contribution in [3.63, 3.8) is 0 Å². The lowest BCUT2D eigenvalue weighted by molar-refractivity contribution is 0.0703. The van der Waals surface area contributed by atoms with Gasteiger partial charge in [0.1, 0.15) is 11.4 Å². The van der Waals surface area contributed by atoms with Crippen LogP contribution in [0.1, 0.15) is 34.9 Å². The smallest absolute Gasteiger partial charge is 0.261 e. The van der Waals surface area contributed by atoms with Crippen LogP contribution in [0.2, 0.25) is 0 Å². The Kier molecular flexibility index (Phi) is 4.39. The first-order valence-corrected chi connectivity index (χ1v) is 8.79. The third kappa shape index (κ3) is 3.18. The molecule has 1 atom stereocenters. The van der Waals surface area contributed by atoms with Gasteiger partial charge in [-0.05, 0) is 30.5 Å². The minimum atomic E-state index is -0.350. The molecule has 6 nitrogen and oxygen atoms in total. The molecule has 0 radical (unpaired) electrons. The summed E-state index contributed by atoms with van der Waals surface area (Å²) in [6.07, 6.45) is 5.41. The van der Waals surface area contributed by atoms with Gasteiger partial charge in [0.05, 0.1) is 0 Å². The first-order chi connectivity index (χ1) is 12.7. The number of hydrogen-bond acceptors (Lipinski definition) is 3. The van der Waals surface area contributed by atoms with E-state index in [-0.39, 0.29) is 22.9 Å². The molecular formula is C20H20N4O2. The summed E-state index contributed by atoms with van der Waals surface area (Å²) in [5, 5.41) is 0. The third-order valence-corrected chi connectivity index (χ3v) is 4.84. The molecule has 1 aromatic carbocycles. The van der Waals surface area contributed by atoms with Gasteiger partial charge in [-0.3, -0.25) is 9.59 Å². The van der Waals surface area contributed by atoms with Crippen molar-refractivity contribution in [3.8, 4) is 11.3 Å². The number of benzene rings is 1. The number of pyridine rings is 1. The first-order valence-electron chi connectivity index (χ1n) is 8.79. The van der Waals surface area contributed by atoms with Gasteiger partial charge in [0.2, 0.25) is 0 Å². The molecule has 6 heteroatoms. The maximum Gasteiger partial charge on any atom is 0.261 e. The van der Waals surface area contributed by atoms with Gasteiger partial charge in [-0.15, -0.1) is 0 Å². The second-order valence-electron chi connectivity index (χ2n) is 6.55. The van der Waals surface area contributed by atoms with Crippen molar-refractivity contribution in [1.29, 1.82) is 0 Å². The van der Waals surface area contributed by atoms with E-state index in [2.05, 4.69) is 15.0 Å². The van der Waals surface area contributed by atoms with Crippen LogP contribution in [0, 0.1) is 0 Å². The highest BCUT2D eigenvalue weighted by Crippen LogP contribution is 2.25. The topological polar surface area (TPSA) is 81.8 Å². The van der Waals surface area contributed by atoms with Gasteiger partial charge in [-0.2, -0.15) is 0 Å². The van der Waals surface area contributed by atoms with Crippen molar-refractivity contribution >= 4 is 5.91 Å². The number of H-pyrrole nitrogens is 2. The van der Waals surface area contributed by atoms with Crippen LogP contribution in [0.15, 0.2) is 59.7 Å². The summed E-state index contributed by atoms with van der Waals surface area (Å²) in [4.78, 5) is 37.4. The molecule has 4 rings (SSSR count). The number of carbonyl (C=O) groups is 1. The fourth-order valence-corrected chi connectivity index (χ4v) is 3.48. The van der Waals surface area contributed by atoms with E-state index < -0.39 is 0 Å². The van der Waals surface area contributed by atoms with E-state index in [1.54, 1.807) is 29.4 Å². The molecular weight excluding hydrogens is 328 g/mol. The summed E-state index contributed by atoms with van der Waals surface area (Å²) in [5.74, 6) is 0.864. The van der Waals surface area contributed by atoms with Gasteiger partial charge >= 0.3 is 0 Å². The van der Waals surface area contributed by atoms with Crippen LogP contribution >= 0.6 is 0 Å². The van der Waals surface area contributed by atoms with E-state index >= 15 is 0 Å². The molecule has 0 spiro atoms. The lowest BCUT2D eigenvalue weighted by Crippen LogP contribution is -2.41. The highest BCUT2D eigenvalue weighted by Gasteiger charge is 2.28. The zero-order chi connectivity index (χ0) is 17.9. The van der Waals surface area contributed by atoms with Gasteiger partial charge < -0.3 is 14.9 Å². The lowest BCUT2D eigenvalue weighted by Gasteiger charge is -2.31. The van der Waals surface area contributed by atoms with Crippen LogP contribution in [0.3, 0.4) is 0 Å². The van der Waals surface area contributed by atoms with Crippen molar-refractivity contribution in [2.45, 2.75) is 18.8 Å². The summed E-state index contributed by atoms with van der Waals surface area (Å²) in [7, 11) is 0. The van der Waals surface area contributed by atoms with Gasteiger partial charge in [-0.25, -0.2) is 4.98 Å². The van der Waals surface area contributed by atoms with Crippen molar-refractivity contribution in [2.75, 3.05) is 13.1 Å². The summed E-state index contributed by atoms with van der Waals surface area (Å²) < 4.78 is 0. The van der Waals surface area contributed by atoms with Crippen molar-refractivity contribution in [3.05, 3.63) is 76.6 Å². The highest BCUT2D eigenvalue weighted by molar-refractivity contribution is 5.94. The maximum atomic E-state index is 12.9. The van der Waals surface area contributed by atoms with Gasteiger partial charge in [0, 0.05) is 37.1 Å². The summed E-state index contributed by atoms with van der Waals surface area (Å²) in [6.45, 7) is 1.24. The van der Waals surface area contributed by atoms with Gasteiger partial charge in [0.15, 0.2) is 0 Å². The second kappa shape index (κ2) is 7.00. The molecule has 0 unspecified atom stereocenters. The molecule has 1 saturated heterocycles. The number of aromatic nitrogens is 3. The Morgan fingerprint density at radius 3 is 2.73 bits per heavy atom. The first kappa shape index (κ1) is 16.3. The Hall–Kier alpha value is -3.15. The number of nitrogens with one attached hydrogen (secondary N) is 2. The second-order valence-corrected chi connectivity index (χ2v) is 6.55. The molecule has 3 aromatic rings. The zero-order valence-corrected chi connectivity index (χ0v) is 14.3. The van der Waals surface area contributed by atoms with Crippen LogP contribution in [0.4, 0.5) is 0 Å². The molecule has 1 amide bonds. The monoisotopic (exact) mass is 348 g/mol. The van der Waals surface area contributed by atoms with Gasteiger partial charge in [-0.1, -0.05) is 30.3 Å². The van der Waals surface area contributed by atoms with E-state index in [0.717, 1.165) is 24.2 Å². The van der Waals surface area contributed by atoms with E-state index in [1.165, 1.54) is 0 Å². The maximum absolute atomic E-state index is 12.9. The number of hydrogen-bond donors (Lipinski definition) is 2. The van der Waals surface area contributed by atoms with E-state index in [9.17, 15) is 9.59 Å². The number of nitrogens with zero attached hydrogens (tertiary/aromatic N) is 2. The molecule has 1 fully saturated rings. The number of likely N-dealkylation sites (tertiary alicyclic amines) is 1. The SMILES string of the molecule is O=C(c1ccc(-c2ccccc2)[nH]c1=O)N1CCC[C@H](c2ncc[nH]2)C1.